The Morgan fingerprint density at radius 3 is 2.23 bits per heavy atom. The van der Waals surface area contributed by atoms with E-state index in [4.69, 9.17) is 4.74 Å². The van der Waals surface area contributed by atoms with E-state index in [1.807, 2.05) is 24.3 Å². The van der Waals surface area contributed by atoms with Crippen molar-refractivity contribution in [3.63, 3.8) is 0 Å². The average Bonchev–Trinajstić information content (AvgIpc) is 2.84. The molecule has 0 saturated carbocycles. The molecule has 0 radical (unpaired) electrons. The summed E-state index contributed by atoms with van der Waals surface area (Å²) >= 11 is 0. The first-order valence-corrected chi connectivity index (χ1v) is 10.3. The number of hydrogen-bond acceptors (Lipinski definition) is 8. The Kier molecular flexibility index (Phi) is 5.03. The Hall–Kier alpha value is -3.44. The third-order valence-corrected chi connectivity index (χ3v) is 5.76. The van der Waals surface area contributed by atoms with Crippen LogP contribution in [-0.4, -0.2) is 67.4 Å². The average molecular weight is 401 g/mol. The van der Waals surface area contributed by atoms with Crippen molar-refractivity contribution >= 4 is 28.2 Å². The molecule has 2 aliphatic heterocycles. The number of para-hydroxylation sites is 1. The first kappa shape index (κ1) is 18.6. The van der Waals surface area contributed by atoms with Crippen molar-refractivity contribution < 1.29 is 4.74 Å². The van der Waals surface area contributed by atoms with Gasteiger partial charge >= 0.3 is 0 Å². The molecular weight excluding hydrogens is 378 g/mol. The molecule has 2 saturated heterocycles. The fraction of sp³-hybridized carbons (Fsp3) is 0.364. The van der Waals surface area contributed by atoms with E-state index in [9.17, 15) is 5.26 Å². The lowest BCUT2D eigenvalue weighted by molar-refractivity contribution is 0.122. The van der Waals surface area contributed by atoms with Gasteiger partial charge in [0, 0.05) is 56.9 Å². The number of nitrogens with zero attached hydrogens (tertiary/aromatic N) is 7. The fourth-order valence-corrected chi connectivity index (χ4v) is 4.18. The lowest BCUT2D eigenvalue weighted by Crippen LogP contribution is -2.47. The van der Waals surface area contributed by atoms with Gasteiger partial charge in [-0.1, -0.05) is 18.2 Å². The minimum Gasteiger partial charge on any atom is -0.378 e. The highest BCUT2D eigenvalue weighted by molar-refractivity contribution is 5.94. The summed E-state index contributed by atoms with van der Waals surface area (Å²) in [6, 6.07) is 12.4. The number of anilines is 3. The Balaban J connectivity index is 1.35. The first-order valence-electron chi connectivity index (χ1n) is 10.3. The second-order valence-corrected chi connectivity index (χ2v) is 7.46. The van der Waals surface area contributed by atoms with Crippen LogP contribution in [0.4, 0.5) is 17.3 Å². The summed E-state index contributed by atoms with van der Waals surface area (Å²) in [6.07, 6.45) is 3.33. The normalized spacial score (nSPS) is 17.2. The van der Waals surface area contributed by atoms with Crippen LogP contribution >= 0.6 is 0 Å². The van der Waals surface area contributed by atoms with Gasteiger partial charge in [-0.15, -0.1) is 0 Å². The van der Waals surface area contributed by atoms with Crippen molar-refractivity contribution in [2.45, 2.75) is 0 Å². The maximum Gasteiger partial charge on any atom is 0.134 e. The third-order valence-electron chi connectivity index (χ3n) is 5.76. The summed E-state index contributed by atoms with van der Waals surface area (Å²) in [5.41, 5.74) is 2.53. The zero-order valence-electron chi connectivity index (χ0n) is 16.7. The number of aromatic nitrogens is 3. The monoisotopic (exact) mass is 401 g/mol. The van der Waals surface area contributed by atoms with Gasteiger partial charge in [-0.2, -0.15) is 5.26 Å². The van der Waals surface area contributed by atoms with Crippen LogP contribution in [0.5, 0.6) is 0 Å². The van der Waals surface area contributed by atoms with Gasteiger partial charge in [-0.25, -0.2) is 9.97 Å². The van der Waals surface area contributed by atoms with Gasteiger partial charge in [0.1, 0.15) is 24.0 Å². The summed E-state index contributed by atoms with van der Waals surface area (Å²) in [6.45, 7) is 6.49. The van der Waals surface area contributed by atoms with Gasteiger partial charge in [-0.3, -0.25) is 4.98 Å². The molecule has 5 rings (SSSR count). The van der Waals surface area contributed by atoms with E-state index in [2.05, 4.69) is 41.8 Å². The molecule has 2 aromatic heterocycles. The molecule has 1 aromatic carbocycles. The lowest BCUT2D eigenvalue weighted by atomic mass is 10.1. The number of pyridine rings is 1. The van der Waals surface area contributed by atoms with Gasteiger partial charge in [0.2, 0.25) is 0 Å². The van der Waals surface area contributed by atoms with Gasteiger partial charge in [-0.05, 0) is 6.07 Å². The zero-order valence-corrected chi connectivity index (χ0v) is 16.7. The molecule has 152 valence electrons. The summed E-state index contributed by atoms with van der Waals surface area (Å²) < 4.78 is 5.44. The molecule has 3 aromatic rings. The van der Waals surface area contributed by atoms with Crippen molar-refractivity contribution in [3.8, 4) is 6.07 Å². The smallest absolute Gasteiger partial charge is 0.134 e. The molecule has 2 aliphatic rings. The SMILES string of the molecule is N#Cc1cnc2ccccc2c1N1CCN(c2cc(N3CCOCC3)ncn2)CC1. The highest BCUT2D eigenvalue weighted by atomic mass is 16.5. The van der Waals surface area contributed by atoms with E-state index < -0.39 is 0 Å². The Morgan fingerprint density at radius 2 is 1.50 bits per heavy atom. The van der Waals surface area contributed by atoms with Crippen molar-refractivity contribution in [2.24, 2.45) is 0 Å². The van der Waals surface area contributed by atoms with Crippen molar-refractivity contribution in [2.75, 3.05) is 67.2 Å². The molecule has 30 heavy (non-hydrogen) atoms. The summed E-state index contributed by atoms with van der Waals surface area (Å²) in [5, 5.41) is 10.7. The molecule has 0 bridgehead atoms. The molecule has 4 heterocycles. The molecule has 8 heteroatoms. The van der Waals surface area contributed by atoms with Gasteiger partial charge in [0.25, 0.3) is 0 Å². The number of piperazine rings is 1. The topological polar surface area (TPSA) is 81.4 Å². The largest absolute Gasteiger partial charge is 0.378 e. The first-order chi connectivity index (χ1) is 14.8. The molecular formula is C22H23N7O. The number of fused-ring (bicyclic) bond motifs is 1. The summed E-state index contributed by atoms with van der Waals surface area (Å²) in [4.78, 5) is 20.2. The number of rotatable bonds is 3. The van der Waals surface area contributed by atoms with E-state index >= 15 is 0 Å². The molecule has 0 aliphatic carbocycles. The van der Waals surface area contributed by atoms with Crippen molar-refractivity contribution in [3.05, 3.63) is 48.4 Å². The van der Waals surface area contributed by atoms with Crippen LogP contribution in [0.1, 0.15) is 5.56 Å². The zero-order chi connectivity index (χ0) is 20.3. The number of morpholine rings is 1. The highest BCUT2D eigenvalue weighted by Crippen LogP contribution is 2.30. The molecule has 0 N–H and O–H groups in total. The quantitative estimate of drug-likeness (QED) is 0.660. The second-order valence-electron chi connectivity index (χ2n) is 7.46. The number of hydrogen-bond donors (Lipinski definition) is 0. The molecule has 0 amide bonds. The predicted molar refractivity (Wildman–Crippen MR) is 116 cm³/mol. The molecule has 2 fully saturated rings. The minimum atomic E-state index is 0.624. The van der Waals surface area contributed by atoms with E-state index in [1.165, 1.54) is 0 Å². The van der Waals surface area contributed by atoms with Gasteiger partial charge in [0.15, 0.2) is 0 Å². The van der Waals surface area contributed by atoms with Crippen LogP contribution in [0.15, 0.2) is 42.9 Å². The van der Waals surface area contributed by atoms with Crippen LogP contribution in [-0.2, 0) is 4.74 Å². The molecule has 8 nitrogen and oxygen atoms in total. The summed E-state index contributed by atoms with van der Waals surface area (Å²) in [7, 11) is 0. The predicted octanol–water partition coefficient (Wildman–Crippen LogP) is 2.06. The van der Waals surface area contributed by atoms with Gasteiger partial charge in [0.05, 0.1) is 30.0 Å². The third kappa shape index (κ3) is 3.48. The maximum absolute atomic E-state index is 9.64. The van der Waals surface area contributed by atoms with Crippen molar-refractivity contribution in [1.82, 2.24) is 15.0 Å². The van der Waals surface area contributed by atoms with Gasteiger partial charge < -0.3 is 19.4 Å². The van der Waals surface area contributed by atoms with Crippen LogP contribution in [0.25, 0.3) is 10.9 Å². The van der Waals surface area contributed by atoms with E-state index in [0.29, 0.717) is 5.56 Å². The molecule has 0 spiro atoms. The second kappa shape index (κ2) is 8.13. The van der Waals surface area contributed by atoms with Crippen molar-refractivity contribution in [1.29, 1.82) is 5.26 Å². The number of ether oxygens (including phenoxy) is 1. The van der Waals surface area contributed by atoms with Crippen LogP contribution in [0.3, 0.4) is 0 Å². The maximum atomic E-state index is 9.64. The Bertz CT molecular complexity index is 1080. The summed E-state index contributed by atoms with van der Waals surface area (Å²) in [5.74, 6) is 1.91. The molecule has 0 atom stereocenters. The number of nitriles is 1. The van der Waals surface area contributed by atoms with Crippen LogP contribution in [0.2, 0.25) is 0 Å². The van der Waals surface area contributed by atoms with E-state index in [-0.39, 0.29) is 0 Å². The lowest BCUT2D eigenvalue weighted by Gasteiger charge is -2.37. The Labute approximate surface area is 175 Å². The standard InChI is InChI=1S/C22H23N7O/c23-14-17-15-24-19-4-2-1-3-18(19)22(17)29-7-5-27(6-8-29)20-13-21(26-16-25-20)28-9-11-30-12-10-28/h1-4,13,15-16H,5-12H2. The fourth-order valence-electron chi connectivity index (χ4n) is 4.18. The minimum absolute atomic E-state index is 0.624. The molecule has 0 unspecified atom stereocenters. The number of benzene rings is 1. The van der Waals surface area contributed by atoms with E-state index in [0.717, 1.165) is 80.7 Å². The Morgan fingerprint density at radius 1 is 0.833 bits per heavy atom. The highest BCUT2D eigenvalue weighted by Gasteiger charge is 2.23. The van der Waals surface area contributed by atoms with Crippen LogP contribution in [0, 0.1) is 11.3 Å². The van der Waals surface area contributed by atoms with Crippen LogP contribution < -0.4 is 14.7 Å². The van der Waals surface area contributed by atoms with E-state index in [1.54, 1.807) is 12.5 Å².